The molecule has 0 heterocycles. The Hall–Kier alpha value is -2.67. The largest absolute Gasteiger partial charge is 0.507 e. The molecule has 0 aliphatic heterocycles. The summed E-state index contributed by atoms with van der Waals surface area (Å²) < 4.78 is 0.538. The molecule has 0 atom stereocenters. The fourth-order valence-corrected chi connectivity index (χ4v) is 2.56. The number of carbonyl (C=O) groups excluding carboxylic acids is 2. The number of aromatic hydroxyl groups is 1. The summed E-state index contributed by atoms with van der Waals surface area (Å²) >= 11 is 3.20. The summed E-state index contributed by atoms with van der Waals surface area (Å²) in [6, 6.07) is 10.5. The van der Waals surface area contributed by atoms with Crippen molar-refractivity contribution in [3.05, 3.63) is 57.6 Å². The van der Waals surface area contributed by atoms with E-state index in [1.807, 2.05) is 32.0 Å². The Bertz CT molecular complexity index is 850. The summed E-state index contributed by atoms with van der Waals surface area (Å²) in [6.07, 6.45) is 1.56. The Morgan fingerprint density at radius 3 is 2.62 bits per heavy atom. The Morgan fingerprint density at radius 2 is 1.88 bits per heavy atom. The van der Waals surface area contributed by atoms with E-state index in [1.54, 1.807) is 12.1 Å². The molecule has 6 nitrogen and oxygen atoms in total. The highest BCUT2D eigenvalue weighted by molar-refractivity contribution is 9.10. The molecule has 2 rings (SSSR count). The number of anilines is 1. The number of hydrazone groups is 1. The van der Waals surface area contributed by atoms with Gasteiger partial charge in [-0.15, -0.1) is 0 Å². The molecule has 3 N–H and O–H groups in total. The predicted molar refractivity (Wildman–Crippen MR) is 105 cm³/mol. The summed E-state index contributed by atoms with van der Waals surface area (Å²) in [5.41, 5.74) is 5.95. The number of nitrogens with zero attached hydrogens (tertiary/aromatic N) is 1. The van der Waals surface area contributed by atoms with Crippen LogP contribution in [0.4, 0.5) is 5.69 Å². The number of halogens is 1. The van der Waals surface area contributed by atoms with Gasteiger partial charge in [-0.05, 0) is 70.7 Å². The number of phenolic OH excluding ortho intramolecular Hbond substituents is 1. The second kappa shape index (κ2) is 9.15. The number of phenols is 1. The van der Waals surface area contributed by atoms with Crippen molar-refractivity contribution in [2.24, 2.45) is 5.10 Å². The lowest BCUT2D eigenvalue weighted by molar-refractivity contribution is -0.124. The van der Waals surface area contributed by atoms with Crippen LogP contribution in [0.15, 0.2) is 46.0 Å². The first-order valence-electron chi connectivity index (χ1n) is 8.03. The predicted octanol–water partition coefficient (Wildman–Crippen LogP) is 3.64. The van der Waals surface area contributed by atoms with Crippen LogP contribution in [-0.4, -0.2) is 23.1 Å². The van der Waals surface area contributed by atoms with Gasteiger partial charge in [-0.1, -0.05) is 12.1 Å². The molecule has 0 spiro atoms. The van der Waals surface area contributed by atoms with Crippen LogP contribution in [-0.2, 0) is 9.59 Å². The fraction of sp³-hybridized carbons (Fsp3) is 0.211. The molecule has 7 heteroatoms. The maximum Gasteiger partial charge on any atom is 0.240 e. The van der Waals surface area contributed by atoms with E-state index < -0.39 is 0 Å². The summed E-state index contributed by atoms with van der Waals surface area (Å²) in [6.45, 7) is 3.91. The quantitative estimate of drug-likeness (QED) is 0.494. The number of aryl methyl sites for hydroxylation is 1. The SMILES string of the molecule is Cc1cccc(NC(=O)CCC(=O)N/N=C/c2ccc(O)c(Br)c2)c1C. The molecule has 2 amide bonds. The zero-order valence-corrected chi connectivity index (χ0v) is 16.1. The number of amides is 2. The van der Waals surface area contributed by atoms with Gasteiger partial charge in [0.05, 0.1) is 10.7 Å². The molecule has 0 radical (unpaired) electrons. The van der Waals surface area contributed by atoms with Gasteiger partial charge in [0, 0.05) is 18.5 Å². The van der Waals surface area contributed by atoms with Crippen LogP contribution in [0.2, 0.25) is 0 Å². The average molecular weight is 418 g/mol. The van der Waals surface area contributed by atoms with Crippen molar-refractivity contribution in [3.63, 3.8) is 0 Å². The number of hydrogen-bond donors (Lipinski definition) is 3. The van der Waals surface area contributed by atoms with E-state index >= 15 is 0 Å². The van der Waals surface area contributed by atoms with Crippen LogP contribution in [0.3, 0.4) is 0 Å². The van der Waals surface area contributed by atoms with E-state index in [4.69, 9.17) is 0 Å². The number of carbonyl (C=O) groups is 2. The third kappa shape index (κ3) is 5.70. The first kappa shape index (κ1) is 19.7. The van der Waals surface area contributed by atoms with Crippen molar-refractivity contribution in [2.75, 3.05) is 5.32 Å². The third-order valence-corrected chi connectivity index (χ3v) is 4.47. The summed E-state index contributed by atoms with van der Waals surface area (Å²) in [4.78, 5) is 23.8. The van der Waals surface area contributed by atoms with Gasteiger partial charge in [-0.2, -0.15) is 5.10 Å². The smallest absolute Gasteiger partial charge is 0.240 e. The summed E-state index contributed by atoms with van der Waals surface area (Å²) in [5, 5.41) is 16.1. The van der Waals surface area contributed by atoms with E-state index in [0.29, 0.717) is 10.0 Å². The second-order valence-electron chi connectivity index (χ2n) is 5.80. The molecule has 2 aromatic rings. The normalized spacial score (nSPS) is 10.7. The maximum atomic E-state index is 12.0. The van der Waals surface area contributed by atoms with Crippen LogP contribution in [0, 0.1) is 13.8 Å². The highest BCUT2D eigenvalue weighted by Gasteiger charge is 2.08. The Labute approximate surface area is 160 Å². The lowest BCUT2D eigenvalue weighted by Gasteiger charge is -2.10. The van der Waals surface area contributed by atoms with Gasteiger partial charge in [-0.3, -0.25) is 9.59 Å². The third-order valence-electron chi connectivity index (χ3n) is 3.83. The van der Waals surface area contributed by atoms with Crippen LogP contribution >= 0.6 is 15.9 Å². The van der Waals surface area contributed by atoms with E-state index in [0.717, 1.165) is 16.8 Å². The molecular formula is C19H20BrN3O3. The molecule has 0 bridgehead atoms. The lowest BCUT2D eigenvalue weighted by Crippen LogP contribution is -2.21. The lowest BCUT2D eigenvalue weighted by atomic mass is 10.1. The summed E-state index contributed by atoms with van der Waals surface area (Å²) in [5.74, 6) is -0.448. The van der Waals surface area contributed by atoms with Gasteiger partial charge in [0.2, 0.25) is 11.8 Å². The molecule has 0 saturated carbocycles. The van der Waals surface area contributed by atoms with E-state index in [9.17, 15) is 14.7 Å². The van der Waals surface area contributed by atoms with E-state index in [2.05, 4.69) is 31.8 Å². The van der Waals surface area contributed by atoms with Crippen molar-refractivity contribution in [1.29, 1.82) is 0 Å². The number of rotatable bonds is 6. The van der Waals surface area contributed by atoms with Crippen LogP contribution < -0.4 is 10.7 Å². The minimum atomic E-state index is -0.352. The molecule has 136 valence electrons. The number of nitrogens with one attached hydrogen (secondary N) is 2. The molecule has 0 fully saturated rings. The first-order chi connectivity index (χ1) is 12.4. The van der Waals surface area contributed by atoms with Gasteiger partial charge in [0.25, 0.3) is 0 Å². The first-order valence-corrected chi connectivity index (χ1v) is 8.82. The standard InChI is InChI=1S/C19H20BrN3O3/c1-12-4-3-5-16(13(12)2)22-18(25)8-9-19(26)23-21-11-14-6-7-17(24)15(20)10-14/h3-7,10-11,24H,8-9H2,1-2H3,(H,22,25)(H,23,26)/b21-11+. The van der Waals surface area contributed by atoms with Crippen LogP contribution in [0.1, 0.15) is 29.5 Å². The topological polar surface area (TPSA) is 90.8 Å². The van der Waals surface area contributed by atoms with Gasteiger partial charge >= 0.3 is 0 Å². The van der Waals surface area contributed by atoms with Crippen molar-refractivity contribution >= 4 is 39.6 Å². The second-order valence-corrected chi connectivity index (χ2v) is 6.65. The highest BCUT2D eigenvalue weighted by atomic mass is 79.9. The Kier molecular flexibility index (Phi) is 6.91. The molecule has 2 aromatic carbocycles. The Balaban J connectivity index is 1.79. The van der Waals surface area contributed by atoms with E-state index in [1.165, 1.54) is 12.3 Å². The fourth-order valence-electron chi connectivity index (χ4n) is 2.16. The highest BCUT2D eigenvalue weighted by Crippen LogP contribution is 2.23. The monoisotopic (exact) mass is 417 g/mol. The minimum Gasteiger partial charge on any atom is -0.507 e. The van der Waals surface area contributed by atoms with Crippen molar-refractivity contribution in [1.82, 2.24) is 5.43 Å². The molecule has 0 aromatic heterocycles. The van der Waals surface area contributed by atoms with E-state index in [-0.39, 0.29) is 30.4 Å². The van der Waals surface area contributed by atoms with Gasteiger partial charge in [0.15, 0.2) is 0 Å². The van der Waals surface area contributed by atoms with Gasteiger partial charge in [-0.25, -0.2) is 5.43 Å². The number of benzene rings is 2. The molecule has 26 heavy (non-hydrogen) atoms. The van der Waals surface area contributed by atoms with Crippen molar-refractivity contribution in [2.45, 2.75) is 26.7 Å². The van der Waals surface area contributed by atoms with Crippen LogP contribution in [0.5, 0.6) is 5.75 Å². The Morgan fingerprint density at radius 1 is 1.15 bits per heavy atom. The van der Waals surface area contributed by atoms with Crippen molar-refractivity contribution < 1.29 is 14.7 Å². The average Bonchev–Trinajstić information content (AvgIpc) is 2.60. The molecular weight excluding hydrogens is 398 g/mol. The van der Waals surface area contributed by atoms with Crippen molar-refractivity contribution in [3.8, 4) is 5.75 Å². The zero-order chi connectivity index (χ0) is 19.1. The molecule has 0 aliphatic rings. The number of hydrogen-bond acceptors (Lipinski definition) is 4. The summed E-state index contributed by atoms with van der Waals surface area (Å²) in [7, 11) is 0. The molecule has 0 aliphatic carbocycles. The van der Waals surface area contributed by atoms with Gasteiger partial charge in [0.1, 0.15) is 5.75 Å². The maximum absolute atomic E-state index is 12.0. The van der Waals surface area contributed by atoms with Gasteiger partial charge < -0.3 is 10.4 Å². The zero-order valence-electron chi connectivity index (χ0n) is 14.5. The van der Waals surface area contributed by atoms with Crippen LogP contribution in [0.25, 0.3) is 0 Å². The molecule has 0 unspecified atom stereocenters. The minimum absolute atomic E-state index is 0.0350. The molecule has 0 saturated heterocycles.